The molecule has 0 amide bonds. The van der Waals surface area contributed by atoms with Crippen molar-refractivity contribution in [1.29, 1.82) is 5.41 Å². The van der Waals surface area contributed by atoms with Crippen molar-refractivity contribution in [2.45, 2.75) is 44.6 Å². The van der Waals surface area contributed by atoms with Crippen LogP contribution < -0.4 is 0 Å². The van der Waals surface area contributed by atoms with Gasteiger partial charge in [0, 0.05) is 26.1 Å². The first-order valence-corrected chi connectivity index (χ1v) is 6.17. The smallest absolute Gasteiger partial charge is 0.0989 e. The maximum atomic E-state index is 8.19. The first kappa shape index (κ1) is 10.9. The number of hydrogen-bond acceptors (Lipinski definition) is 2. The van der Waals surface area contributed by atoms with Gasteiger partial charge in [-0.3, -0.25) is 5.41 Å². The lowest BCUT2D eigenvalue weighted by molar-refractivity contribution is 0.0566. The average Bonchev–Trinajstić information content (AvgIpc) is 2.82. The highest BCUT2D eigenvalue weighted by molar-refractivity contribution is 5.82. The number of methoxy groups -OCH3 is 1. The minimum absolute atomic E-state index is 0.428. The number of amidine groups is 1. The van der Waals surface area contributed by atoms with E-state index in [2.05, 4.69) is 4.90 Å². The van der Waals surface area contributed by atoms with Gasteiger partial charge in [-0.2, -0.15) is 0 Å². The van der Waals surface area contributed by atoms with Crippen LogP contribution in [0.3, 0.4) is 0 Å². The summed E-state index contributed by atoms with van der Waals surface area (Å²) in [7, 11) is 1.79. The topological polar surface area (TPSA) is 36.3 Å². The van der Waals surface area contributed by atoms with E-state index in [1.807, 2.05) is 0 Å². The summed E-state index contributed by atoms with van der Waals surface area (Å²) >= 11 is 0. The van der Waals surface area contributed by atoms with Crippen LogP contribution in [0, 0.1) is 11.3 Å². The quantitative estimate of drug-likeness (QED) is 0.560. The Balaban J connectivity index is 1.81. The van der Waals surface area contributed by atoms with Crippen molar-refractivity contribution in [3.8, 4) is 0 Å². The number of nitrogens with one attached hydrogen (secondary N) is 1. The summed E-state index contributed by atoms with van der Waals surface area (Å²) in [6.45, 7) is 2.04. The van der Waals surface area contributed by atoms with Gasteiger partial charge in [0.1, 0.15) is 0 Å². The minimum atomic E-state index is 0.428. The summed E-state index contributed by atoms with van der Waals surface area (Å²) < 4.78 is 5.35. The Morgan fingerprint density at radius 2 is 1.73 bits per heavy atom. The lowest BCUT2D eigenvalue weighted by Gasteiger charge is -2.34. The van der Waals surface area contributed by atoms with Crippen molar-refractivity contribution in [3.63, 3.8) is 0 Å². The lowest BCUT2D eigenvalue weighted by atomic mass is 10.0. The molecule has 3 heteroatoms. The molecule has 0 bridgehead atoms. The van der Waals surface area contributed by atoms with E-state index in [1.165, 1.54) is 25.7 Å². The van der Waals surface area contributed by atoms with Crippen molar-refractivity contribution in [1.82, 2.24) is 4.90 Å². The maximum Gasteiger partial charge on any atom is 0.0989 e. The average molecular weight is 210 g/mol. The van der Waals surface area contributed by atoms with Crippen LogP contribution in [-0.4, -0.2) is 37.0 Å². The van der Waals surface area contributed by atoms with Crippen molar-refractivity contribution < 1.29 is 4.74 Å². The summed E-state index contributed by atoms with van der Waals surface area (Å²) in [6, 6.07) is 0. The molecular weight excluding hydrogens is 188 g/mol. The van der Waals surface area contributed by atoms with E-state index in [9.17, 15) is 0 Å². The third kappa shape index (κ3) is 2.51. The summed E-state index contributed by atoms with van der Waals surface area (Å²) in [5.41, 5.74) is 0. The summed E-state index contributed by atoms with van der Waals surface area (Å²) in [6.07, 6.45) is 7.73. The first-order valence-electron chi connectivity index (χ1n) is 6.17. The molecule has 1 saturated carbocycles. The molecular formula is C12H22N2O. The van der Waals surface area contributed by atoms with Crippen LogP contribution in [0.15, 0.2) is 0 Å². The summed E-state index contributed by atoms with van der Waals surface area (Å²) in [4.78, 5) is 2.27. The second kappa shape index (κ2) is 4.97. The van der Waals surface area contributed by atoms with Gasteiger partial charge >= 0.3 is 0 Å². The zero-order valence-electron chi connectivity index (χ0n) is 9.67. The van der Waals surface area contributed by atoms with E-state index >= 15 is 0 Å². The highest BCUT2D eigenvalue weighted by atomic mass is 16.5. The Kier molecular flexibility index (Phi) is 3.62. The SMILES string of the molecule is COC1CCN(C(=N)C2CCCC2)CC1. The van der Waals surface area contributed by atoms with Crippen molar-refractivity contribution in [3.05, 3.63) is 0 Å². The fourth-order valence-electron chi connectivity index (χ4n) is 2.79. The molecule has 2 rings (SSSR count). The largest absolute Gasteiger partial charge is 0.381 e. The van der Waals surface area contributed by atoms with Crippen LogP contribution in [0.2, 0.25) is 0 Å². The molecule has 86 valence electrons. The van der Waals surface area contributed by atoms with Crippen molar-refractivity contribution >= 4 is 5.84 Å². The highest BCUT2D eigenvalue weighted by Gasteiger charge is 2.27. The molecule has 1 aliphatic heterocycles. The zero-order valence-corrected chi connectivity index (χ0v) is 9.67. The predicted octanol–water partition coefficient (Wildman–Crippen LogP) is 2.26. The van der Waals surface area contributed by atoms with Crippen LogP contribution in [0.4, 0.5) is 0 Å². The predicted molar refractivity (Wildman–Crippen MR) is 61.3 cm³/mol. The third-order valence-corrected chi connectivity index (χ3v) is 3.86. The number of ether oxygens (including phenoxy) is 1. The number of rotatable bonds is 2. The van der Waals surface area contributed by atoms with E-state index in [0.717, 1.165) is 31.8 Å². The number of piperidine rings is 1. The standard InChI is InChI=1S/C12H22N2O/c1-15-11-6-8-14(9-7-11)12(13)10-4-2-3-5-10/h10-11,13H,2-9H2,1H3. The molecule has 0 aromatic carbocycles. The molecule has 15 heavy (non-hydrogen) atoms. The van der Waals surface area contributed by atoms with E-state index in [0.29, 0.717) is 12.0 Å². The van der Waals surface area contributed by atoms with Crippen LogP contribution >= 0.6 is 0 Å². The normalized spacial score (nSPS) is 24.7. The van der Waals surface area contributed by atoms with Gasteiger partial charge < -0.3 is 9.64 Å². The van der Waals surface area contributed by atoms with Crippen LogP contribution in [0.25, 0.3) is 0 Å². The molecule has 1 heterocycles. The first-order chi connectivity index (χ1) is 7.31. The summed E-state index contributed by atoms with van der Waals surface area (Å²) in [5, 5.41) is 8.19. The van der Waals surface area contributed by atoms with E-state index in [4.69, 9.17) is 10.1 Å². The van der Waals surface area contributed by atoms with E-state index < -0.39 is 0 Å². The molecule has 2 aliphatic rings. The molecule has 0 aromatic rings. The van der Waals surface area contributed by atoms with Gasteiger partial charge in [0.05, 0.1) is 11.9 Å². The second-order valence-corrected chi connectivity index (χ2v) is 4.79. The van der Waals surface area contributed by atoms with E-state index in [-0.39, 0.29) is 0 Å². The monoisotopic (exact) mass is 210 g/mol. The van der Waals surface area contributed by atoms with Crippen molar-refractivity contribution in [2.24, 2.45) is 5.92 Å². The molecule has 2 fully saturated rings. The number of nitrogens with zero attached hydrogens (tertiary/aromatic N) is 1. The van der Waals surface area contributed by atoms with Gasteiger partial charge in [-0.05, 0) is 25.7 Å². The van der Waals surface area contributed by atoms with Gasteiger partial charge in [-0.25, -0.2) is 0 Å². The number of likely N-dealkylation sites (tertiary alicyclic amines) is 1. The van der Waals surface area contributed by atoms with Crippen LogP contribution in [-0.2, 0) is 4.74 Å². The minimum Gasteiger partial charge on any atom is -0.381 e. The molecule has 1 N–H and O–H groups in total. The molecule has 0 spiro atoms. The van der Waals surface area contributed by atoms with Gasteiger partial charge in [0.15, 0.2) is 0 Å². The fourth-order valence-corrected chi connectivity index (χ4v) is 2.79. The molecule has 1 aliphatic carbocycles. The molecule has 0 radical (unpaired) electrons. The molecule has 0 atom stereocenters. The molecule has 0 aromatic heterocycles. The number of hydrogen-bond donors (Lipinski definition) is 1. The Bertz CT molecular complexity index is 216. The maximum absolute atomic E-state index is 8.19. The Morgan fingerprint density at radius 1 is 1.13 bits per heavy atom. The van der Waals surface area contributed by atoms with Gasteiger partial charge in [0.2, 0.25) is 0 Å². The van der Waals surface area contributed by atoms with Crippen LogP contribution in [0.5, 0.6) is 0 Å². The summed E-state index contributed by atoms with van der Waals surface area (Å²) in [5.74, 6) is 1.46. The Morgan fingerprint density at radius 3 is 2.27 bits per heavy atom. The fraction of sp³-hybridized carbons (Fsp3) is 0.917. The lowest BCUT2D eigenvalue weighted by Crippen LogP contribution is -2.42. The Hall–Kier alpha value is -0.570. The van der Waals surface area contributed by atoms with Crippen molar-refractivity contribution in [2.75, 3.05) is 20.2 Å². The molecule has 1 saturated heterocycles. The highest BCUT2D eigenvalue weighted by Crippen LogP contribution is 2.28. The van der Waals surface area contributed by atoms with Crippen LogP contribution in [0.1, 0.15) is 38.5 Å². The third-order valence-electron chi connectivity index (χ3n) is 3.86. The van der Waals surface area contributed by atoms with Gasteiger partial charge in [0.25, 0.3) is 0 Å². The van der Waals surface area contributed by atoms with Gasteiger partial charge in [-0.15, -0.1) is 0 Å². The Labute approximate surface area is 92.3 Å². The zero-order chi connectivity index (χ0) is 10.7. The molecule has 3 nitrogen and oxygen atoms in total. The second-order valence-electron chi connectivity index (χ2n) is 4.79. The van der Waals surface area contributed by atoms with E-state index in [1.54, 1.807) is 7.11 Å². The molecule has 0 unspecified atom stereocenters. The van der Waals surface area contributed by atoms with Gasteiger partial charge in [-0.1, -0.05) is 12.8 Å².